The van der Waals surface area contributed by atoms with Crippen LogP contribution < -0.4 is 5.32 Å². The molecule has 0 bridgehead atoms. The fourth-order valence-electron chi connectivity index (χ4n) is 4.29. The Bertz CT molecular complexity index is 1210. The first-order valence-electron chi connectivity index (χ1n) is 11.5. The van der Waals surface area contributed by atoms with Gasteiger partial charge in [-0.25, -0.2) is 23.4 Å². The summed E-state index contributed by atoms with van der Waals surface area (Å²) in [5.74, 6) is -2.42. The Morgan fingerprint density at radius 1 is 1.35 bits per heavy atom. The van der Waals surface area contributed by atoms with E-state index in [0.29, 0.717) is 22.1 Å². The standard InChI is InChI=1S/C24H25ClF2N4O5S/c1-2-36-24(34)20-18(10-31-8-13(17(27)9-31)11-35-12-19(32)33)29-22(23-28-5-6-37-23)30-21(20)15-4-3-14(26)7-16(15)25/h3-7,13,17,21H,2,8-12H2,1H3,(H,29,30)(H,32,33)/t13?,17?,21-/m0/s1. The van der Waals surface area contributed by atoms with E-state index in [4.69, 9.17) is 31.2 Å². The van der Waals surface area contributed by atoms with Gasteiger partial charge in [-0.05, 0) is 19.1 Å². The van der Waals surface area contributed by atoms with Crippen LogP contribution in [0, 0.1) is 11.7 Å². The van der Waals surface area contributed by atoms with Crippen LogP contribution in [0.4, 0.5) is 8.78 Å². The number of halogens is 3. The molecule has 3 heterocycles. The molecule has 1 aromatic heterocycles. The minimum absolute atomic E-state index is 0.0409. The third-order valence-electron chi connectivity index (χ3n) is 5.89. The molecular weight excluding hydrogens is 530 g/mol. The number of carboxylic acids is 1. The zero-order valence-corrected chi connectivity index (χ0v) is 21.4. The van der Waals surface area contributed by atoms with Gasteiger partial charge in [0.15, 0.2) is 10.8 Å². The minimum Gasteiger partial charge on any atom is -0.480 e. The Kier molecular flexibility index (Phi) is 8.85. The number of esters is 1. The summed E-state index contributed by atoms with van der Waals surface area (Å²) in [6.07, 6.45) is 0.378. The van der Waals surface area contributed by atoms with E-state index in [2.05, 4.69) is 10.3 Å². The molecule has 1 fully saturated rings. The van der Waals surface area contributed by atoms with Crippen molar-refractivity contribution in [3.63, 3.8) is 0 Å². The van der Waals surface area contributed by atoms with Crippen molar-refractivity contribution in [2.45, 2.75) is 19.1 Å². The highest BCUT2D eigenvalue weighted by atomic mass is 35.5. The van der Waals surface area contributed by atoms with E-state index < -0.39 is 42.5 Å². The van der Waals surface area contributed by atoms with Crippen LogP contribution in [0.15, 0.2) is 46.0 Å². The first-order chi connectivity index (χ1) is 17.8. The lowest BCUT2D eigenvalue weighted by atomic mass is 9.95. The predicted octanol–water partition coefficient (Wildman–Crippen LogP) is 3.22. The maximum atomic E-state index is 14.7. The Balaban J connectivity index is 1.68. The van der Waals surface area contributed by atoms with E-state index in [0.717, 1.165) is 6.07 Å². The Morgan fingerprint density at radius 2 is 2.16 bits per heavy atom. The molecule has 3 atom stereocenters. The average Bonchev–Trinajstić information content (AvgIpc) is 3.49. The van der Waals surface area contributed by atoms with Crippen molar-refractivity contribution in [3.05, 3.63) is 62.5 Å². The second kappa shape index (κ2) is 12.1. The lowest BCUT2D eigenvalue weighted by molar-refractivity contribution is -0.143. The molecule has 0 aliphatic carbocycles. The van der Waals surface area contributed by atoms with Crippen LogP contribution in [-0.2, 0) is 19.1 Å². The first-order valence-corrected chi connectivity index (χ1v) is 12.8. The van der Waals surface area contributed by atoms with Crippen molar-refractivity contribution < 1.29 is 33.0 Å². The lowest BCUT2D eigenvalue weighted by Gasteiger charge is -2.29. The summed E-state index contributed by atoms with van der Waals surface area (Å²) in [4.78, 5) is 34.7. The summed E-state index contributed by atoms with van der Waals surface area (Å²) in [6.45, 7) is 1.74. The van der Waals surface area contributed by atoms with Gasteiger partial charge in [-0.15, -0.1) is 11.3 Å². The van der Waals surface area contributed by atoms with E-state index >= 15 is 0 Å². The molecule has 2 unspecified atom stereocenters. The van der Waals surface area contributed by atoms with Gasteiger partial charge in [0.05, 0.1) is 18.8 Å². The molecule has 2 aliphatic rings. The van der Waals surface area contributed by atoms with Crippen molar-refractivity contribution in [2.24, 2.45) is 10.9 Å². The Labute approximate surface area is 220 Å². The summed E-state index contributed by atoms with van der Waals surface area (Å²) in [6, 6.07) is 2.94. The number of thiazole rings is 1. The number of alkyl halides is 1. The number of likely N-dealkylation sites (tertiary alicyclic amines) is 1. The molecule has 2 N–H and O–H groups in total. The molecule has 0 radical (unpaired) electrons. The van der Waals surface area contributed by atoms with Crippen molar-refractivity contribution in [1.82, 2.24) is 15.2 Å². The predicted molar refractivity (Wildman–Crippen MR) is 133 cm³/mol. The molecule has 4 rings (SSSR count). The normalized spacial score (nSPS) is 22.1. The van der Waals surface area contributed by atoms with Gasteiger partial charge in [-0.1, -0.05) is 17.7 Å². The smallest absolute Gasteiger partial charge is 0.338 e. The summed E-state index contributed by atoms with van der Waals surface area (Å²) in [5, 5.41) is 14.4. The van der Waals surface area contributed by atoms with Crippen LogP contribution in [-0.4, -0.2) is 78.4 Å². The van der Waals surface area contributed by atoms with Crippen molar-refractivity contribution >= 4 is 40.7 Å². The monoisotopic (exact) mass is 554 g/mol. The van der Waals surface area contributed by atoms with Crippen molar-refractivity contribution in [1.29, 1.82) is 0 Å². The number of aliphatic imine (C=N–C) groups is 1. The van der Waals surface area contributed by atoms with E-state index in [1.54, 1.807) is 23.4 Å². The van der Waals surface area contributed by atoms with Crippen LogP contribution in [0.5, 0.6) is 0 Å². The number of carbonyl (C=O) groups excluding carboxylic acids is 1. The van der Waals surface area contributed by atoms with E-state index in [9.17, 15) is 18.4 Å². The fraction of sp³-hybridized carbons (Fsp3) is 0.417. The van der Waals surface area contributed by atoms with Crippen LogP contribution in [0.3, 0.4) is 0 Å². The van der Waals surface area contributed by atoms with Gasteiger partial charge in [-0.3, -0.25) is 9.89 Å². The number of ether oxygens (including phenoxy) is 2. The van der Waals surface area contributed by atoms with Crippen molar-refractivity contribution in [2.75, 3.05) is 39.5 Å². The summed E-state index contributed by atoms with van der Waals surface area (Å²) >= 11 is 7.71. The molecular formula is C24H25ClF2N4O5S. The molecule has 0 saturated carbocycles. The molecule has 198 valence electrons. The number of benzene rings is 1. The highest BCUT2D eigenvalue weighted by molar-refractivity contribution is 7.11. The first kappa shape index (κ1) is 27.1. The maximum Gasteiger partial charge on any atom is 0.338 e. The number of aliphatic carboxylic acids is 1. The quantitative estimate of drug-likeness (QED) is 0.431. The van der Waals surface area contributed by atoms with E-state index in [1.165, 1.54) is 23.5 Å². The SMILES string of the molecule is CCOC(=O)C1=C(CN2CC(F)C(COCC(=O)O)C2)NC(c2nccs2)=N[C@H]1c1ccc(F)cc1Cl. The highest BCUT2D eigenvalue weighted by Gasteiger charge is 2.38. The molecule has 1 aromatic carbocycles. The number of carbonyl (C=O) groups is 2. The third kappa shape index (κ3) is 6.50. The van der Waals surface area contributed by atoms with Gasteiger partial charge in [0.1, 0.15) is 24.6 Å². The maximum absolute atomic E-state index is 14.7. The summed E-state index contributed by atoms with van der Waals surface area (Å²) in [7, 11) is 0. The topological polar surface area (TPSA) is 113 Å². The Morgan fingerprint density at radius 3 is 2.84 bits per heavy atom. The van der Waals surface area contributed by atoms with Crippen LogP contribution in [0.25, 0.3) is 0 Å². The van der Waals surface area contributed by atoms with Gasteiger partial charge in [0.25, 0.3) is 0 Å². The number of hydrogen-bond acceptors (Lipinski definition) is 9. The van der Waals surface area contributed by atoms with Gasteiger partial charge in [0, 0.05) is 53.4 Å². The van der Waals surface area contributed by atoms with Crippen LogP contribution >= 0.6 is 22.9 Å². The molecule has 0 amide bonds. The van der Waals surface area contributed by atoms with E-state index in [1.807, 2.05) is 0 Å². The Hall–Kier alpha value is -2.93. The van der Waals surface area contributed by atoms with Gasteiger partial charge in [0.2, 0.25) is 0 Å². The number of amidine groups is 1. The fourth-order valence-corrected chi connectivity index (χ4v) is 5.15. The molecule has 1 saturated heterocycles. The molecule has 2 aromatic rings. The zero-order valence-electron chi connectivity index (χ0n) is 19.8. The second-order valence-electron chi connectivity index (χ2n) is 8.50. The van der Waals surface area contributed by atoms with Crippen LogP contribution in [0.2, 0.25) is 5.02 Å². The lowest BCUT2D eigenvalue weighted by Crippen LogP contribution is -2.39. The number of carboxylic acid groups (broad SMARTS) is 1. The largest absolute Gasteiger partial charge is 0.480 e. The second-order valence-corrected chi connectivity index (χ2v) is 9.80. The summed E-state index contributed by atoms with van der Waals surface area (Å²) < 4.78 is 39.0. The van der Waals surface area contributed by atoms with Gasteiger partial charge >= 0.3 is 11.9 Å². The third-order valence-corrected chi connectivity index (χ3v) is 7.00. The molecule has 13 heteroatoms. The zero-order chi connectivity index (χ0) is 26.5. The number of hydrogen-bond donors (Lipinski definition) is 2. The molecule has 37 heavy (non-hydrogen) atoms. The van der Waals surface area contributed by atoms with Crippen molar-refractivity contribution in [3.8, 4) is 0 Å². The molecule has 0 spiro atoms. The number of rotatable bonds is 10. The van der Waals surface area contributed by atoms with E-state index in [-0.39, 0.29) is 43.4 Å². The van der Waals surface area contributed by atoms with Crippen LogP contribution in [0.1, 0.15) is 23.5 Å². The molecule has 9 nitrogen and oxygen atoms in total. The average molecular weight is 555 g/mol. The van der Waals surface area contributed by atoms with Gasteiger partial charge < -0.3 is 19.9 Å². The number of nitrogens with one attached hydrogen (secondary N) is 1. The molecule has 2 aliphatic heterocycles. The highest BCUT2D eigenvalue weighted by Crippen LogP contribution is 2.37. The number of aromatic nitrogens is 1. The van der Waals surface area contributed by atoms with Gasteiger partial charge in [-0.2, -0.15) is 0 Å². The summed E-state index contributed by atoms with van der Waals surface area (Å²) in [5.41, 5.74) is 1.02. The minimum atomic E-state index is -1.24. The number of nitrogens with zero attached hydrogens (tertiary/aromatic N) is 3.